The van der Waals surface area contributed by atoms with Crippen LogP contribution in [0.25, 0.3) is 0 Å². The fourth-order valence-corrected chi connectivity index (χ4v) is 0.540. The van der Waals surface area contributed by atoms with E-state index in [1.54, 1.807) is 6.20 Å². The summed E-state index contributed by atoms with van der Waals surface area (Å²) in [5.74, 6) is 0. The highest BCUT2D eigenvalue weighted by Gasteiger charge is 1.91. The molecule has 0 spiro atoms. The third-order valence-electron chi connectivity index (χ3n) is 1.11. The van der Waals surface area contributed by atoms with E-state index in [0.29, 0.717) is 0 Å². The van der Waals surface area contributed by atoms with Gasteiger partial charge in [0.25, 0.3) is 0 Å². The van der Waals surface area contributed by atoms with Gasteiger partial charge in [-0.2, -0.15) is 0 Å². The minimum atomic E-state index is 0.811. The van der Waals surface area contributed by atoms with Crippen LogP contribution in [0.3, 0.4) is 0 Å². The summed E-state index contributed by atoms with van der Waals surface area (Å²) in [6, 6.07) is 0. The van der Waals surface area contributed by atoms with Gasteiger partial charge in [0.15, 0.2) is 0 Å². The largest absolute Gasteiger partial charge is 0.404 e. The van der Waals surface area contributed by atoms with Crippen LogP contribution in [0.4, 0.5) is 0 Å². The van der Waals surface area contributed by atoms with Crippen LogP contribution in [0.5, 0.6) is 0 Å². The number of rotatable bonds is 3. The van der Waals surface area contributed by atoms with Crippen molar-refractivity contribution >= 4 is 0 Å². The van der Waals surface area contributed by atoms with Gasteiger partial charge in [0.2, 0.25) is 0 Å². The molecular formula is C8H13N. The average molecular weight is 123 g/mol. The second kappa shape index (κ2) is 3.96. The zero-order valence-electron chi connectivity index (χ0n) is 5.85. The molecule has 0 fully saturated rings. The lowest BCUT2D eigenvalue weighted by Gasteiger charge is -1.99. The van der Waals surface area contributed by atoms with Gasteiger partial charge in [-0.15, -0.1) is 6.58 Å². The van der Waals surface area contributed by atoms with Crippen molar-refractivity contribution in [1.82, 2.24) is 0 Å². The van der Waals surface area contributed by atoms with Gasteiger partial charge in [0, 0.05) is 0 Å². The molecule has 0 heterocycles. The van der Waals surface area contributed by atoms with E-state index in [2.05, 4.69) is 13.2 Å². The summed E-state index contributed by atoms with van der Waals surface area (Å²) in [4.78, 5) is 0. The highest BCUT2D eigenvalue weighted by molar-refractivity contribution is 5.26. The Morgan fingerprint density at radius 3 is 2.33 bits per heavy atom. The van der Waals surface area contributed by atoms with Crippen molar-refractivity contribution in [3.05, 3.63) is 36.6 Å². The predicted molar refractivity (Wildman–Crippen MR) is 41.9 cm³/mol. The standard InChI is InChI=1S/C8H13N/c1-4-5-8(6-9)7(2)3/h4,6H,1-2,5,9H2,3H3/b8-6+. The van der Waals surface area contributed by atoms with Crippen molar-refractivity contribution in [2.45, 2.75) is 13.3 Å². The minimum absolute atomic E-state index is 0.811. The molecule has 0 aromatic carbocycles. The van der Waals surface area contributed by atoms with Crippen LogP contribution in [0.15, 0.2) is 36.6 Å². The van der Waals surface area contributed by atoms with Gasteiger partial charge in [0.1, 0.15) is 0 Å². The molecule has 0 unspecified atom stereocenters. The fraction of sp³-hybridized carbons (Fsp3) is 0.250. The molecule has 0 saturated carbocycles. The predicted octanol–water partition coefficient (Wildman–Crippen LogP) is 1.98. The van der Waals surface area contributed by atoms with Crippen LogP contribution >= 0.6 is 0 Å². The molecular weight excluding hydrogens is 110 g/mol. The molecule has 0 saturated heterocycles. The first-order valence-corrected chi connectivity index (χ1v) is 2.90. The van der Waals surface area contributed by atoms with E-state index in [1.165, 1.54) is 0 Å². The molecule has 1 heteroatoms. The lowest BCUT2D eigenvalue weighted by molar-refractivity contribution is 1.20. The van der Waals surface area contributed by atoms with Crippen LogP contribution in [0.2, 0.25) is 0 Å². The van der Waals surface area contributed by atoms with E-state index in [-0.39, 0.29) is 0 Å². The Bertz CT molecular complexity index is 143. The SMILES string of the molecule is C=CC/C(=C\N)C(=C)C. The molecule has 0 aliphatic carbocycles. The van der Waals surface area contributed by atoms with Crippen LogP contribution in [-0.4, -0.2) is 0 Å². The Morgan fingerprint density at radius 2 is 2.22 bits per heavy atom. The highest BCUT2D eigenvalue weighted by atomic mass is 14.5. The normalized spacial score (nSPS) is 11.0. The maximum Gasteiger partial charge on any atom is -0.00241 e. The van der Waals surface area contributed by atoms with E-state index in [9.17, 15) is 0 Å². The molecule has 1 nitrogen and oxygen atoms in total. The van der Waals surface area contributed by atoms with Gasteiger partial charge in [0.05, 0.1) is 0 Å². The first kappa shape index (κ1) is 8.02. The van der Waals surface area contributed by atoms with Crippen LogP contribution in [0, 0.1) is 0 Å². The smallest absolute Gasteiger partial charge is 0.00241 e. The molecule has 0 radical (unpaired) electrons. The summed E-state index contributed by atoms with van der Waals surface area (Å²) in [5.41, 5.74) is 7.36. The topological polar surface area (TPSA) is 26.0 Å². The molecule has 0 bridgehead atoms. The first-order valence-electron chi connectivity index (χ1n) is 2.90. The van der Waals surface area contributed by atoms with E-state index in [0.717, 1.165) is 17.6 Å². The summed E-state index contributed by atoms with van der Waals surface area (Å²) >= 11 is 0. The Hall–Kier alpha value is -0.980. The van der Waals surface area contributed by atoms with Crippen LogP contribution in [0.1, 0.15) is 13.3 Å². The van der Waals surface area contributed by atoms with Crippen molar-refractivity contribution in [3.8, 4) is 0 Å². The fourth-order valence-electron chi connectivity index (χ4n) is 0.540. The molecule has 50 valence electrons. The maximum atomic E-state index is 5.29. The number of allylic oxidation sites excluding steroid dienone is 3. The van der Waals surface area contributed by atoms with Gasteiger partial charge < -0.3 is 5.73 Å². The van der Waals surface area contributed by atoms with Gasteiger partial charge in [-0.1, -0.05) is 18.2 Å². The average Bonchev–Trinajstić information content (AvgIpc) is 1.82. The van der Waals surface area contributed by atoms with E-state index >= 15 is 0 Å². The van der Waals surface area contributed by atoms with Gasteiger partial charge in [-0.05, 0) is 25.1 Å². The van der Waals surface area contributed by atoms with Gasteiger partial charge in [-0.25, -0.2) is 0 Å². The second-order valence-corrected chi connectivity index (χ2v) is 1.97. The summed E-state index contributed by atoms with van der Waals surface area (Å²) in [7, 11) is 0. The second-order valence-electron chi connectivity index (χ2n) is 1.97. The summed E-state index contributed by atoms with van der Waals surface area (Å²) in [6.07, 6.45) is 4.20. The molecule has 0 aliphatic heterocycles. The molecule has 9 heavy (non-hydrogen) atoms. The Morgan fingerprint density at radius 1 is 1.67 bits per heavy atom. The molecule has 2 N–H and O–H groups in total. The highest BCUT2D eigenvalue weighted by Crippen LogP contribution is 2.09. The third kappa shape index (κ3) is 2.75. The van der Waals surface area contributed by atoms with E-state index < -0.39 is 0 Å². The van der Waals surface area contributed by atoms with E-state index in [4.69, 9.17) is 5.73 Å². The zero-order valence-corrected chi connectivity index (χ0v) is 5.85. The summed E-state index contributed by atoms with van der Waals surface area (Å²) < 4.78 is 0. The summed E-state index contributed by atoms with van der Waals surface area (Å²) in [6.45, 7) is 9.27. The molecule has 0 amide bonds. The van der Waals surface area contributed by atoms with Crippen LogP contribution < -0.4 is 5.73 Å². The molecule has 0 rings (SSSR count). The van der Waals surface area contributed by atoms with Crippen LogP contribution in [-0.2, 0) is 0 Å². The molecule has 0 aliphatic rings. The van der Waals surface area contributed by atoms with Crippen molar-refractivity contribution in [3.63, 3.8) is 0 Å². The van der Waals surface area contributed by atoms with Gasteiger partial charge in [-0.3, -0.25) is 0 Å². The van der Waals surface area contributed by atoms with Crippen molar-refractivity contribution in [1.29, 1.82) is 0 Å². The van der Waals surface area contributed by atoms with Crippen molar-refractivity contribution < 1.29 is 0 Å². The number of hydrogen-bond donors (Lipinski definition) is 1. The Balaban J connectivity index is 4.00. The number of hydrogen-bond acceptors (Lipinski definition) is 1. The maximum absolute atomic E-state index is 5.29. The third-order valence-corrected chi connectivity index (χ3v) is 1.11. The molecule has 0 atom stereocenters. The lowest BCUT2D eigenvalue weighted by Crippen LogP contribution is -1.88. The van der Waals surface area contributed by atoms with E-state index in [1.807, 2.05) is 13.0 Å². The Labute approximate surface area is 56.6 Å². The van der Waals surface area contributed by atoms with Gasteiger partial charge >= 0.3 is 0 Å². The summed E-state index contributed by atoms with van der Waals surface area (Å²) in [5, 5.41) is 0. The molecule has 0 aromatic heterocycles. The quantitative estimate of drug-likeness (QED) is 0.450. The first-order chi connectivity index (χ1) is 4.22. The minimum Gasteiger partial charge on any atom is -0.404 e. The lowest BCUT2D eigenvalue weighted by atomic mass is 10.1. The number of nitrogens with two attached hydrogens (primary N) is 1. The van der Waals surface area contributed by atoms with Crippen molar-refractivity contribution in [2.75, 3.05) is 0 Å². The van der Waals surface area contributed by atoms with Crippen molar-refractivity contribution in [2.24, 2.45) is 5.73 Å². The monoisotopic (exact) mass is 123 g/mol. The zero-order chi connectivity index (χ0) is 7.28. The molecule has 0 aromatic rings. The Kier molecular flexibility index (Phi) is 3.52.